The van der Waals surface area contributed by atoms with E-state index >= 15 is 0 Å². The molecule has 3 aliphatic rings. The second-order valence-electron chi connectivity index (χ2n) is 9.69. The summed E-state index contributed by atoms with van der Waals surface area (Å²) in [6, 6.07) is 2.06. The van der Waals surface area contributed by atoms with E-state index in [1.165, 1.54) is 0 Å². The van der Waals surface area contributed by atoms with Gasteiger partial charge in [-0.2, -0.15) is 5.10 Å². The number of hydrogen-bond acceptors (Lipinski definition) is 5. The van der Waals surface area contributed by atoms with Gasteiger partial charge in [-0.15, -0.1) is 11.6 Å². The first kappa shape index (κ1) is 21.9. The second-order valence-corrected chi connectivity index (χ2v) is 10.3. The van der Waals surface area contributed by atoms with Crippen molar-refractivity contribution in [2.75, 3.05) is 24.5 Å². The summed E-state index contributed by atoms with van der Waals surface area (Å²) in [5.74, 6) is 0.476. The Balaban J connectivity index is 1.43. The second kappa shape index (κ2) is 8.78. The van der Waals surface area contributed by atoms with E-state index < -0.39 is 12.1 Å². The van der Waals surface area contributed by atoms with E-state index in [-0.39, 0.29) is 29.8 Å². The number of anilines is 1. The topological polar surface area (TPSA) is 79.8 Å². The number of amides is 1. The molecule has 4 heterocycles. The minimum atomic E-state index is -0.943. The summed E-state index contributed by atoms with van der Waals surface area (Å²) in [6.07, 6.45) is 6.09. The molecule has 2 aromatic heterocycles. The molecule has 1 aliphatic carbocycles. The van der Waals surface area contributed by atoms with Gasteiger partial charge in [-0.1, -0.05) is 0 Å². The van der Waals surface area contributed by atoms with Crippen LogP contribution in [-0.2, 0) is 4.79 Å². The van der Waals surface area contributed by atoms with Gasteiger partial charge in [0.1, 0.15) is 12.0 Å². The average Bonchev–Trinajstić information content (AvgIpc) is 3.40. The highest BCUT2D eigenvalue weighted by molar-refractivity contribution is 6.22. The van der Waals surface area contributed by atoms with Gasteiger partial charge in [-0.05, 0) is 51.9 Å². The molecule has 0 radical (unpaired) electrons. The number of carbonyl (C=O) groups excluding carboxylic acids is 1. The van der Waals surface area contributed by atoms with Crippen molar-refractivity contribution in [2.24, 2.45) is 11.7 Å². The van der Waals surface area contributed by atoms with E-state index in [1.54, 1.807) is 0 Å². The lowest BCUT2D eigenvalue weighted by atomic mass is 9.85. The van der Waals surface area contributed by atoms with Crippen LogP contribution in [0.4, 0.5) is 10.2 Å². The van der Waals surface area contributed by atoms with Gasteiger partial charge in [0.25, 0.3) is 0 Å². The molecule has 32 heavy (non-hydrogen) atoms. The highest BCUT2D eigenvalue weighted by atomic mass is 35.5. The van der Waals surface area contributed by atoms with Crippen molar-refractivity contribution >= 4 is 29.0 Å². The van der Waals surface area contributed by atoms with Crippen molar-refractivity contribution in [1.82, 2.24) is 19.5 Å². The fourth-order valence-corrected chi connectivity index (χ4v) is 5.87. The first-order valence-electron chi connectivity index (χ1n) is 11.9. The molecule has 1 saturated carbocycles. The molecule has 174 valence electrons. The zero-order chi connectivity index (χ0) is 22.4. The van der Waals surface area contributed by atoms with Crippen LogP contribution in [0.25, 0.3) is 5.65 Å². The molecule has 2 aromatic rings. The number of hydrogen-bond donors (Lipinski definition) is 1. The van der Waals surface area contributed by atoms with Crippen LogP contribution >= 0.6 is 11.6 Å². The lowest BCUT2D eigenvalue weighted by molar-refractivity contribution is -0.141. The van der Waals surface area contributed by atoms with E-state index in [0.29, 0.717) is 19.4 Å². The zero-order valence-corrected chi connectivity index (χ0v) is 19.3. The van der Waals surface area contributed by atoms with E-state index in [9.17, 15) is 9.18 Å². The van der Waals surface area contributed by atoms with Crippen LogP contribution in [0.15, 0.2) is 12.3 Å². The van der Waals surface area contributed by atoms with Crippen LogP contribution in [0.5, 0.6) is 0 Å². The molecule has 3 fully saturated rings. The van der Waals surface area contributed by atoms with Crippen LogP contribution in [0, 0.1) is 12.8 Å². The Hall–Kier alpha value is -1.93. The maximum atomic E-state index is 14.1. The third kappa shape index (κ3) is 4.07. The fourth-order valence-electron chi connectivity index (χ4n) is 5.54. The molecular weight excluding hydrogens is 431 g/mol. The largest absolute Gasteiger partial charge is 0.355 e. The standard InChI is InChI=1S/C23H32ClFN6O/c1-14-12-31-21(27-22(14)29-9-7-16(26)13-29)11-19(28-31)20-4-2-3-8-30(20)23(32)17-10-15(25)5-6-18(17)24/h11-12,15-18,20H,2-10,13,26H2,1H3/t15?,16-,17?,18?,20-/m0/s1. The van der Waals surface area contributed by atoms with Crippen LogP contribution in [0.2, 0.25) is 0 Å². The molecule has 7 nitrogen and oxygen atoms in total. The summed E-state index contributed by atoms with van der Waals surface area (Å²) >= 11 is 6.47. The van der Waals surface area contributed by atoms with Crippen molar-refractivity contribution in [3.05, 3.63) is 23.5 Å². The molecule has 5 atom stereocenters. The Labute approximate surface area is 193 Å². The third-order valence-electron chi connectivity index (χ3n) is 7.29. The lowest BCUT2D eigenvalue weighted by Gasteiger charge is -2.39. The normalized spacial score (nSPS) is 31.4. The smallest absolute Gasteiger partial charge is 0.227 e. The number of piperidine rings is 1. The van der Waals surface area contributed by atoms with Gasteiger partial charge in [-0.25, -0.2) is 13.9 Å². The molecule has 0 bridgehead atoms. The molecule has 9 heteroatoms. The van der Waals surface area contributed by atoms with Crippen LogP contribution in [0.3, 0.4) is 0 Å². The molecular formula is C23H32ClFN6O. The molecule has 0 aromatic carbocycles. The highest BCUT2D eigenvalue weighted by Gasteiger charge is 2.40. The van der Waals surface area contributed by atoms with E-state index in [2.05, 4.69) is 4.90 Å². The van der Waals surface area contributed by atoms with Crippen molar-refractivity contribution in [1.29, 1.82) is 0 Å². The van der Waals surface area contributed by atoms with Gasteiger partial charge < -0.3 is 15.5 Å². The molecule has 2 aliphatic heterocycles. The Kier molecular flexibility index (Phi) is 6.01. The summed E-state index contributed by atoms with van der Waals surface area (Å²) in [4.78, 5) is 22.4. The van der Waals surface area contributed by atoms with Crippen molar-refractivity contribution in [3.8, 4) is 0 Å². The zero-order valence-electron chi connectivity index (χ0n) is 18.6. The molecule has 2 N–H and O–H groups in total. The number of rotatable bonds is 3. The number of alkyl halides is 2. The number of aryl methyl sites for hydroxylation is 1. The molecule has 5 rings (SSSR count). The number of nitrogens with two attached hydrogens (primary N) is 1. The fraction of sp³-hybridized carbons (Fsp3) is 0.696. The molecule has 1 amide bonds. The van der Waals surface area contributed by atoms with Crippen molar-refractivity contribution < 1.29 is 9.18 Å². The van der Waals surface area contributed by atoms with Gasteiger partial charge in [0, 0.05) is 48.9 Å². The number of aromatic nitrogens is 3. The van der Waals surface area contributed by atoms with Gasteiger partial charge >= 0.3 is 0 Å². The van der Waals surface area contributed by atoms with Gasteiger partial charge in [0.05, 0.1) is 17.7 Å². The SMILES string of the molecule is Cc1cn2nc([C@@H]3CCCCN3C(=O)C3CC(F)CCC3Cl)cc2nc1N1CC[C@H](N)C1. The predicted molar refractivity (Wildman–Crippen MR) is 123 cm³/mol. The quantitative estimate of drug-likeness (QED) is 0.707. The minimum Gasteiger partial charge on any atom is -0.355 e. The summed E-state index contributed by atoms with van der Waals surface area (Å²) in [5.41, 5.74) is 8.77. The number of likely N-dealkylation sites (tertiary alicyclic amines) is 1. The monoisotopic (exact) mass is 462 g/mol. The summed E-state index contributed by atoms with van der Waals surface area (Å²) in [6.45, 7) is 4.43. The van der Waals surface area contributed by atoms with Crippen LogP contribution < -0.4 is 10.6 Å². The Morgan fingerprint density at radius 2 is 2.06 bits per heavy atom. The van der Waals surface area contributed by atoms with Crippen LogP contribution in [0.1, 0.15) is 62.2 Å². The lowest BCUT2D eigenvalue weighted by Crippen LogP contribution is -2.46. The Morgan fingerprint density at radius 1 is 1.22 bits per heavy atom. The first-order chi connectivity index (χ1) is 15.4. The van der Waals surface area contributed by atoms with Crippen molar-refractivity contribution in [2.45, 2.75) is 75.5 Å². The van der Waals surface area contributed by atoms with E-state index in [1.807, 2.05) is 28.6 Å². The maximum absolute atomic E-state index is 14.1. The maximum Gasteiger partial charge on any atom is 0.227 e. The van der Waals surface area contributed by atoms with Gasteiger partial charge in [0.2, 0.25) is 5.91 Å². The third-order valence-corrected chi connectivity index (χ3v) is 7.82. The highest BCUT2D eigenvalue weighted by Crippen LogP contribution is 2.37. The Morgan fingerprint density at radius 3 is 2.84 bits per heavy atom. The minimum absolute atomic E-state index is 0.0232. The van der Waals surface area contributed by atoms with Crippen LogP contribution in [-0.4, -0.2) is 62.6 Å². The van der Waals surface area contributed by atoms with E-state index in [0.717, 1.165) is 61.5 Å². The average molecular weight is 463 g/mol. The summed E-state index contributed by atoms with van der Waals surface area (Å²) < 4.78 is 15.9. The summed E-state index contributed by atoms with van der Waals surface area (Å²) in [7, 11) is 0. The molecule has 0 spiro atoms. The molecule has 2 saturated heterocycles. The number of fused-ring (bicyclic) bond motifs is 1. The van der Waals surface area contributed by atoms with Gasteiger partial charge in [0.15, 0.2) is 5.65 Å². The summed E-state index contributed by atoms with van der Waals surface area (Å²) in [5, 5.41) is 4.51. The number of nitrogens with zero attached hydrogens (tertiary/aromatic N) is 5. The number of carbonyl (C=O) groups is 1. The van der Waals surface area contributed by atoms with E-state index in [4.69, 9.17) is 27.4 Å². The predicted octanol–water partition coefficient (Wildman–Crippen LogP) is 3.37. The van der Waals surface area contributed by atoms with Crippen molar-refractivity contribution in [3.63, 3.8) is 0 Å². The molecule has 3 unspecified atom stereocenters. The Bertz CT molecular complexity index is 998. The van der Waals surface area contributed by atoms with Gasteiger partial charge in [-0.3, -0.25) is 4.79 Å². The first-order valence-corrected chi connectivity index (χ1v) is 12.3. The number of halogens is 2.